The minimum Gasteiger partial charge on any atom is -0.341 e. The van der Waals surface area contributed by atoms with Crippen LogP contribution in [-0.2, 0) is 0 Å². The molecule has 1 aromatic carbocycles. The van der Waals surface area contributed by atoms with Crippen molar-refractivity contribution in [1.82, 2.24) is 0 Å². The first-order chi connectivity index (χ1) is 5.72. The Morgan fingerprint density at radius 1 is 1.42 bits per heavy atom. The third-order valence-electron chi connectivity index (χ3n) is 1.28. The van der Waals surface area contributed by atoms with E-state index in [4.69, 9.17) is 12.2 Å². The Morgan fingerprint density at radius 2 is 2.00 bits per heavy atom. The Morgan fingerprint density at radius 3 is 2.50 bits per heavy atom. The van der Waals surface area contributed by atoms with Crippen molar-refractivity contribution in [2.24, 2.45) is 0 Å². The van der Waals surface area contributed by atoms with E-state index >= 15 is 0 Å². The molecule has 0 saturated heterocycles. The smallest absolute Gasteiger partial charge is 0.137 e. The fraction of sp³-hybridized carbons (Fsp3) is 0.125. The molecule has 0 fully saturated rings. The summed E-state index contributed by atoms with van der Waals surface area (Å²) in [5.74, 6) is 0. The zero-order valence-electron chi connectivity index (χ0n) is 6.50. The van der Waals surface area contributed by atoms with Gasteiger partial charge in [-0.1, -0.05) is 12.2 Å². The average Bonchev–Trinajstić information content (AvgIpc) is 2.09. The van der Waals surface area contributed by atoms with Gasteiger partial charge in [-0.15, -0.1) is 11.8 Å². The van der Waals surface area contributed by atoms with E-state index in [1.807, 2.05) is 30.5 Å². The number of anilines is 1. The molecule has 1 nitrogen and oxygen atoms in total. The minimum absolute atomic E-state index is 0.802. The van der Waals surface area contributed by atoms with E-state index in [1.54, 1.807) is 11.8 Å². The molecular weight excluding hydrogens is 301 g/mol. The van der Waals surface area contributed by atoms with Crippen molar-refractivity contribution >= 4 is 56.6 Å². The lowest BCUT2D eigenvalue weighted by Crippen LogP contribution is -2.02. The van der Waals surface area contributed by atoms with Crippen LogP contribution in [0.25, 0.3) is 0 Å². The van der Waals surface area contributed by atoms with Crippen LogP contribution in [0.3, 0.4) is 0 Å². The van der Waals surface area contributed by atoms with Gasteiger partial charge < -0.3 is 5.32 Å². The van der Waals surface area contributed by atoms with Gasteiger partial charge in [-0.25, -0.2) is 0 Å². The SMILES string of the molecule is CSC(=S)Nc1ccc(I)cc1. The summed E-state index contributed by atoms with van der Waals surface area (Å²) < 4.78 is 2.03. The molecule has 0 aliphatic carbocycles. The first kappa shape index (κ1) is 10.3. The highest BCUT2D eigenvalue weighted by atomic mass is 127. The molecule has 0 amide bonds. The van der Waals surface area contributed by atoms with Crippen LogP contribution in [-0.4, -0.2) is 10.6 Å². The number of hydrogen-bond acceptors (Lipinski definition) is 2. The van der Waals surface area contributed by atoms with Crippen LogP contribution < -0.4 is 5.32 Å². The van der Waals surface area contributed by atoms with Gasteiger partial charge in [0.25, 0.3) is 0 Å². The maximum Gasteiger partial charge on any atom is 0.137 e. The molecule has 0 aliphatic heterocycles. The number of nitrogens with one attached hydrogen (secondary N) is 1. The second kappa shape index (κ2) is 5.04. The van der Waals surface area contributed by atoms with E-state index in [2.05, 4.69) is 27.9 Å². The van der Waals surface area contributed by atoms with Crippen LogP contribution in [0.5, 0.6) is 0 Å². The fourth-order valence-electron chi connectivity index (χ4n) is 0.702. The number of halogens is 1. The monoisotopic (exact) mass is 309 g/mol. The Balaban J connectivity index is 2.64. The molecule has 1 N–H and O–H groups in total. The summed E-state index contributed by atoms with van der Waals surface area (Å²) in [4.78, 5) is 0. The van der Waals surface area contributed by atoms with Crippen LogP contribution in [0.4, 0.5) is 5.69 Å². The Bertz CT molecular complexity index is 271. The van der Waals surface area contributed by atoms with Crippen molar-refractivity contribution in [3.63, 3.8) is 0 Å². The van der Waals surface area contributed by atoms with Crippen molar-refractivity contribution in [3.8, 4) is 0 Å². The van der Waals surface area contributed by atoms with E-state index in [-0.39, 0.29) is 0 Å². The quantitative estimate of drug-likeness (QED) is 0.631. The van der Waals surface area contributed by atoms with E-state index in [9.17, 15) is 0 Å². The highest BCUT2D eigenvalue weighted by molar-refractivity contribution is 14.1. The van der Waals surface area contributed by atoms with Crippen molar-refractivity contribution in [3.05, 3.63) is 27.8 Å². The second-order valence-corrected chi connectivity index (χ2v) is 4.85. The van der Waals surface area contributed by atoms with Gasteiger partial charge in [0.15, 0.2) is 0 Å². The predicted molar refractivity (Wildman–Crippen MR) is 68.9 cm³/mol. The van der Waals surface area contributed by atoms with Gasteiger partial charge in [0.1, 0.15) is 4.32 Å². The lowest BCUT2D eigenvalue weighted by atomic mass is 10.3. The number of hydrogen-bond donors (Lipinski definition) is 1. The van der Waals surface area contributed by atoms with Gasteiger partial charge in [-0.2, -0.15) is 0 Å². The minimum atomic E-state index is 0.802. The number of thioether (sulfide) groups is 1. The molecule has 0 radical (unpaired) electrons. The van der Waals surface area contributed by atoms with Crippen LogP contribution >= 0.6 is 46.6 Å². The maximum absolute atomic E-state index is 5.02. The number of rotatable bonds is 1. The molecule has 0 unspecified atom stereocenters. The molecule has 0 aliphatic rings. The highest BCUT2D eigenvalue weighted by Gasteiger charge is 1.94. The summed E-state index contributed by atoms with van der Waals surface area (Å²) in [5, 5.41) is 3.11. The summed E-state index contributed by atoms with van der Waals surface area (Å²) >= 11 is 8.84. The zero-order valence-corrected chi connectivity index (χ0v) is 10.3. The van der Waals surface area contributed by atoms with Gasteiger partial charge >= 0.3 is 0 Å². The average molecular weight is 309 g/mol. The molecule has 0 saturated carbocycles. The van der Waals surface area contributed by atoms with E-state index in [0.29, 0.717) is 0 Å². The first-order valence-electron chi connectivity index (χ1n) is 3.33. The Hall–Kier alpha value is 0.190. The zero-order chi connectivity index (χ0) is 8.97. The van der Waals surface area contributed by atoms with Crippen LogP contribution in [0.15, 0.2) is 24.3 Å². The number of thiocarbonyl (C=S) groups is 1. The molecule has 1 aromatic rings. The lowest BCUT2D eigenvalue weighted by molar-refractivity contribution is 1.62. The van der Waals surface area contributed by atoms with Crippen LogP contribution in [0.2, 0.25) is 0 Å². The molecule has 4 heteroatoms. The summed E-state index contributed by atoms with van der Waals surface area (Å²) in [6.45, 7) is 0. The Kier molecular flexibility index (Phi) is 4.31. The summed E-state index contributed by atoms with van der Waals surface area (Å²) in [6.07, 6.45) is 1.96. The van der Waals surface area contributed by atoms with Gasteiger partial charge in [0.05, 0.1) is 0 Å². The molecule has 0 atom stereocenters. The molecular formula is C8H8INS2. The molecule has 64 valence electrons. The van der Waals surface area contributed by atoms with E-state index < -0.39 is 0 Å². The van der Waals surface area contributed by atoms with Gasteiger partial charge in [-0.05, 0) is 53.1 Å². The van der Waals surface area contributed by atoms with Crippen molar-refractivity contribution in [2.75, 3.05) is 11.6 Å². The Labute approximate surface area is 95.5 Å². The van der Waals surface area contributed by atoms with Crippen LogP contribution in [0.1, 0.15) is 0 Å². The molecule has 0 heterocycles. The largest absolute Gasteiger partial charge is 0.341 e. The lowest BCUT2D eigenvalue weighted by Gasteiger charge is -2.04. The molecule has 12 heavy (non-hydrogen) atoms. The summed E-state index contributed by atoms with van der Waals surface area (Å²) in [5.41, 5.74) is 1.05. The third kappa shape index (κ3) is 3.28. The fourth-order valence-corrected chi connectivity index (χ4v) is 1.40. The van der Waals surface area contributed by atoms with Crippen LogP contribution in [0, 0.1) is 3.57 Å². The predicted octanol–water partition coefficient (Wildman–Crippen LogP) is 3.35. The van der Waals surface area contributed by atoms with Gasteiger partial charge in [0, 0.05) is 9.26 Å². The van der Waals surface area contributed by atoms with Gasteiger partial charge in [-0.3, -0.25) is 0 Å². The van der Waals surface area contributed by atoms with E-state index in [1.165, 1.54) is 3.57 Å². The normalized spacial score (nSPS) is 9.50. The van der Waals surface area contributed by atoms with E-state index in [0.717, 1.165) is 10.0 Å². The standard InChI is InChI=1S/C8H8INS2/c1-12-8(11)10-7-4-2-6(9)3-5-7/h2-5H,1H3,(H,10,11). The summed E-state index contributed by atoms with van der Waals surface area (Å²) in [7, 11) is 0. The molecule has 0 spiro atoms. The molecule has 0 aromatic heterocycles. The van der Waals surface area contributed by atoms with Gasteiger partial charge in [0.2, 0.25) is 0 Å². The third-order valence-corrected chi connectivity index (χ3v) is 3.07. The summed E-state index contributed by atoms with van der Waals surface area (Å²) in [6, 6.07) is 8.13. The first-order valence-corrected chi connectivity index (χ1v) is 6.04. The van der Waals surface area contributed by atoms with Crippen molar-refractivity contribution in [2.45, 2.75) is 0 Å². The van der Waals surface area contributed by atoms with Crippen molar-refractivity contribution < 1.29 is 0 Å². The molecule has 1 rings (SSSR count). The number of benzene rings is 1. The second-order valence-electron chi connectivity index (χ2n) is 2.12. The highest BCUT2D eigenvalue weighted by Crippen LogP contribution is 2.12. The topological polar surface area (TPSA) is 12.0 Å². The van der Waals surface area contributed by atoms with Crippen molar-refractivity contribution in [1.29, 1.82) is 0 Å². The molecule has 0 bridgehead atoms. The maximum atomic E-state index is 5.02.